The number of carbonyl (C=O) groups is 1. The Hall–Kier alpha value is -1.33. The fraction of sp³-hybridized carbons (Fsp3) is 0.333. The molecule has 82 valence electrons. The van der Waals surface area contributed by atoms with Crippen LogP contribution in [0.4, 0.5) is 5.69 Å². The lowest BCUT2D eigenvalue weighted by Crippen LogP contribution is -2.12. The molecule has 6 heteroatoms. The number of ether oxygens (including phenoxy) is 2. The van der Waals surface area contributed by atoms with Crippen molar-refractivity contribution in [3.63, 3.8) is 0 Å². The van der Waals surface area contributed by atoms with E-state index in [1.807, 2.05) is 0 Å². The second kappa shape index (κ2) is 5.53. The van der Waals surface area contributed by atoms with Crippen molar-refractivity contribution in [2.24, 2.45) is 0 Å². The molecule has 0 spiro atoms. The Morgan fingerprint density at radius 1 is 1.60 bits per heavy atom. The minimum absolute atomic E-state index is 0.175. The number of hydrogen-bond donors (Lipinski definition) is 1. The largest absolute Gasteiger partial charge is 0.460 e. The van der Waals surface area contributed by atoms with E-state index in [0.717, 1.165) is 0 Å². The Morgan fingerprint density at radius 3 is 3.00 bits per heavy atom. The summed E-state index contributed by atoms with van der Waals surface area (Å²) in [6.07, 6.45) is 1.31. The van der Waals surface area contributed by atoms with E-state index < -0.39 is 5.97 Å². The van der Waals surface area contributed by atoms with E-state index in [2.05, 4.69) is 4.98 Å². The third-order valence-corrected chi connectivity index (χ3v) is 1.85. The highest BCUT2D eigenvalue weighted by Gasteiger charge is 2.12. The van der Waals surface area contributed by atoms with Crippen LogP contribution in [0.2, 0.25) is 5.15 Å². The molecule has 5 nitrogen and oxygen atoms in total. The molecule has 0 fully saturated rings. The molecular formula is C9H11ClN2O3. The zero-order valence-corrected chi connectivity index (χ0v) is 8.95. The van der Waals surface area contributed by atoms with E-state index in [9.17, 15) is 4.79 Å². The van der Waals surface area contributed by atoms with Gasteiger partial charge in [0, 0.05) is 7.11 Å². The molecule has 0 aliphatic rings. The van der Waals surface area contributed by atoms with Crippen molar-refractivity contribution in [3.8, 4) is 0 Å². The average Bonchev–Trinajstić information content (AvgIpc) is 2.22. The minimum atomic E-state index is -0.533. The fourth-order valence-corrected chi connectivity index (χ4v) is 1.07. The Labute approximate surface area is 92.1 Å². The molecule has 0 aliphatic heterocycles. The van der Waals surface area contributed by atoms with Gasteiger partial charge >= 0.3 is 5.97 Å². The van der Waals surface area contributed by atoms with Gasteiger partial charge in [-0.05, 0) is 6.07 Å². The van der Waals surface area contributed by atoms with Crippen LogP contribution < -0.4 is 5.73 Å². The molecule has 0 unspecified atom stereocenters. The maximum absolute atomic E-state index is 11.4. The van der Waals surface area contributed by atoms with Crippen LogP contribution in [0.1, 0.15) is 10.4 Å². The van der Waals surface area contributed by atoms with E-state index in [0.29, 0.717) is 6.61 Å². The van der Waals surface area contributed by atoms with Crippen LogP contribution in [0.3, 0.4) is 0 Å². The summed E-state index contributed by atoms with van der Waals surface area (Å²) >= 11 is 5.62. The molecule has 0 aliphatic carbocycles. The molecule has 1 aromatic rings. The number of esters is 1. The van der Waals surface area contributed by atoms with Crippen molar-refractivity contribution in [2.75, 3.05) is 26.1 Å². The number of nitrogens with zero attached hydrogens (tertiary/aromatic N) is 1. The average molecular weight is 231 g/mol. The van der Waals surface area contributed by atoms with E-state index in [4.69, 9.17) is 26.8 Å². The number of methoxy groups -OCH3 is 1. The first-order valence-corrected chi connectivity index (χ1v) is 4.60. The third-order valence-electron chi connectivity index (χ3n) is 1.64. The van der Waals surface area contributed by atoms with Crippen LogP contribution in [-0.4, -0.2) is 31.3 Å². The van der Waals surface area contributed by atoms with E-state index >= 15 is 0 Å². The molecule has 0 atom stereocenters. The summed E-state index contributed by atoms with van der Waals surface area (Å²) in [4.78, 5) is 15.2. The maximum Gasteiger partial charge on any atom is 0.340 e. The van der Waals surface area contributed by atoms with Crippen LogP contribution in [0.25, 0.3) is 0 Å². The van der Waals surface area contributed by atoms with Crippen LogP contribution in [0.5, 0.6) is 0 Å². The predicted octanol–water partition coefficient (Wildman–Crippen LogP) is 1.12. The van der Waals surface area contributed by atoms with Crippen LogP contribution in [0, 0.1) is 0 Å². The van der Waals surface area contributed by atoms with Gasteiger partial charge in [-0.3, -0.25) is 0 Å². The Morgan fingerprint density at radius 2 is 2.33 bits per heavy atom. The lowest BCUT2D eigenvalue weighted by molar-refractivity contribution is 0.0389. The zero-order chi connectivity index (χ0) is 11.3. The highest BCUT2D eigenvalue weighted by molar-refractivity contribution is 6.29. The van der Waals surface area contributed by atoms with Crippen LogP contribution in [0.15, 0.2) is 12.3 Å². The van der Waals surface area contributed by atoms with Crippen molar-refractivity contribution < 1.29 is 14.3 Å². The number of hydrogen-bond acceptors (Lipinski definition) is 5. The standard InChI is InChI=1S/C9H11ClN2O3/c1-14-2-3-15-9(13)6-4-8(10)12-5-7(6)11/h4-5H,2-3,11H2,1H3. The molecular weight excluding hydrogens is 220 g/mol. The van der Waals surface area contributed by atoms with Gasteiger partial charge in [0.2, 0.25) is 0 Å². The minimum Gasteiger partial charge on any atom is -0.460 e. The SMILES string of the molecule is COCCOC(=O)c1cc(Cl)ncc1N. The molecule has 1 aromatic heterocycles. The number of anilines is 1. The molecule has 1 rings (SSSR count). The summed E-state index contributed by atoms with van der Waals surface area (Å²) in [5, 5.41) is 0.197. The second-order valence-electron chi connectivity index (χ2n) is 2.72. The number of aromatic nitrogens is 1. The first-order chi connectivity index (χ1) is 7.15. The summed E-state index contributed by atoms with van der Waals surface area (Å²) in [6, 6.07) is 1.37. The monoisotopic (exact) mass is 230 g/mol. The molecule has 1 heterocycles. The predicted molar refractivity (Wildman–Crippen MR) is 55.8 cm³/mol. The van der Waals surface area contributed by atoms with Gasteiger partial charge in [-0.25, -0.2) is 9.78 Å². The Kier molecular flexibility index (Phi) is 4.33. The van der Waals surface area contributed by atoms with E-state index in [-0.39, 0.29) is 23.0 Å². The number of nitrogens with two attached hydrogens (primary N) is 1. The molecule has 0 amide bonds. The van der Waals surface area contributed by atoms with E-state index in [1.165, 1.54) is 19.4 Å². The van der Waals surface area contributed by atoms with Crippen molar-refractivity contribution in [3.05, 3.63) is 23.0 Å². The summed E-state index contributed by atoms with van der Waals surface area (Å²) in [6.45, 7) is 0.513. The summed E-state index contributed by atoms with van der Waals surface area (Å²) in [5.74, 6) is -0.533. The van der Waals surface area contributed by atoms with Gasteiger partial charge in [0.05, 0.1) is 24.1 Å². The van der Waals surface area contributed by atoms with Gasteiger partial charge in [0.15, 0.2) is 0 Å². The summed E-state index contributed by atoms with van der Waals surface area (Å²) in [7, 11) is 1.52. The third kappa shape index (κ3) is 3.38. The fourth-order valence-electron chi connectivity index (χ4n) is 0.913. The molecule has 0 radical (unpaired) electrons. The van der Waals surface area contributed by atoms with Gasteiger partial charge < -0.3 is 15.2 Å². The highest BCUT2D eigenvalue weighted by Crippen LogP contribution is 2.15. The molecule has 15 heavy (non-hydrogen) atoms. The Balaban J connectivity index is 2.68. The topological polar surface area (TPSA) is 74.4 Å². The van der Waals surface area contributed by atoms with Crippen LogP contribution in [-0.2, 0) is 9.47 Å². The lowest BCUT2D eigenvalue weighted by Gasteiger charge is -2.06. The van der Waals surface area contributed by atoms with Crippen molar-refractivity contribution in [1.29, 1.82) is 0 Å². The smallest absolute Gasteiger partial charge is 0.340 e. The molecule has 2 N–H and O–H groups in total. The first kappa shape index (κ1) is 11.7. The van der Waals surface area contributed by atoms with Gasteiger partial charge in [0.25, 0.3) is 0 Å². The lowest BCUT2D eigenvalue weighted by atomic mass is 10.2. The van der Waals surface area contributed by atoms with Gasteiger partial charge in [-0.1, -0.05) is 11.6 Å². The normalized spacial score (nSPS) is 10.0. The molecule has 0 saturated carbocycles. The Bertz CT molecular complexity index is 357. The summed E-state index contributed by atoms with van der Waals surface area (Å²) in [5.41, 5.74) is 5.99. The van der Waals surface area contributed by atoms with Gasteiger partial charge in [0.1, 0.15) is 11.8 Å². The maximum atomic E-state index is 11.4. The molecule has 0 saturated heterocycles. The van der Waals surface area contributed by atoms with Crippen LogP contribution >= 0.6 is 11.6 Å². The molecule has 0 aromatic carbocycles. The van der Waals surface area contributed by atoms with E-state index in [1.54, 1.807) is 0 Å². The highest BCUT2D eigenvalue weighted by atomic mass is 35.5. The zero-order valence-electron chi connectivity index (χ0n) is 8.20. The summed E-state index contributed by atoms with van der Waals surface area (Å²) < 4.78 is 9.61. The quantitative estimate of drug-likeness (QED) is 0.477. The van der Waals surface area contributed by atoms with Crippen molar-refractivity contribution in [2.45, 2.75) is 0 Å². The van der Waals surface area contributed by atoms with Crippen molar-refractivity contribution >= 4 is 23.3 Å². The number of rotatable bonds is 4. The second-order valence-corrected chi connectivity index (χ2v) is 3.11. The first-order valence-electron chi connectivity index (χ1n) is 4.22. The van der Waals surface area contributed by atoms with Crippen molar-refractivity contribution in [1.82, 2.24) is 4.98 Å². The molecule has 0 bridgehead atoms. The number of carbonyl (C=O) groups excluding carboxylic acids is 1. The number of halogens is 1. The number of nitrogen functional groups attached to an aromatic ring is 1. The van der Waals surface area contributed by atoms with Gasteiger partial charge in [-0.2, -0.15) is 0 Å². The van der Waals surface area contributed by atoms with Gasteiger partial charge in [-0.15, -0.1) is 0 Å². The number of pyridine rings is 1.